The Morgan fingerprint density at radius 2 is 2.18 bits per heavy atom. The van der Waals surface area contributed by atoms with Crippen molar-refractivity contribution in [2.24, 2.45) is 0 Å². The van der Waals surface area contributed by atoms with Crippen molar-refractivity contribution in [3.05, 3.63) is 0 Å². The highest BCUT2D eigenvalue weighted by Crippen LogP contribution is 2.19. The monoisotopic (exact) mass is 241 g/mol. The Kier molecular flexibility index (Phi) is 4.77. The van der Waals surface area contributed by atoms with Gasteiger partial charge in [-0.3, -0.25) is 14.6 Å². The highest BCUT2D eigenvalue weighted by Gasteiger charge is 2.38. The summed E-state index contributed by atoms with van der Waals surface area (Å²) in [7, 11) is 3.40. The van der Waals surface area contributed by atoms with E-state index >= 15 is 0 Å². The maximum absolute atomic E-state index is 12.2. The molecule has 1 N–H and O–H groups in total. The van der Waals surface area contributed by atoms with Crippen molar-refractivity contribution >= 4 is 18.0 Å². The molecule has 0 bridgehead atoms. The second kappa shape index (κ2) is 5.88. The zero-order valence-corrected chi connectivity index (χ0v) is 10.5. The number of ketones is 1. The Balaban J connectivity index is 2.83. The molecule has 2 unspecified atom stereocenters. The van der Waals surface area contributed by atoms with Gasteiger partial charge in [0.1, 0.15) is 12.3 Å². The number of hydrazine groups is 1. The van der Waals surface area contributed by atoms with Gasteiger partial charge in [0.2, 0.25) is 0 Å². The molecule has 1 heterocycles. The van der Waals surface area contributed by atoms with E-state index in [1.807, 2.05) is 0 Å². The van der Waals surface area contributed by atoms with Crippen LogP contribution >= 0.6 is 0 Å². The summed E-state index contributed by atoms with van der Waals surface area (Å²) >= 11 is 0. The molecule has 0 spiro atoms. The van der Waals surface area contributed by atoms with E-state index in [1.54, 1.807) is 19.1 Å². The molecule has 1 saturated heterocycles. The third kappa shape index (κ3) is 2.89. The summed E-state index contributed by atoms with van der Waals surface area (Å²) in [5.74, 6) is -0.247. The van der Waals surface area contributed by atoms with E-state index in [9.17, 15) is 14.4 Å². The van der Waals surface area contributed by atoms with Crippen LogP contribution in [-0.2, 0) is 14.4 Å². The quantitative estimate of drug-likeness (QED) is 0.638. The molecular formula is C11H19N3O3. The normalized spacial score (nSPS) is 22.5. The van der Waals surface area contributed by atoms with Gasteiger partial charge in [0.05, 0.1) is 6.04 Å². The fourth-order valence-corrected chi connectivity index (χ4v) is 2.07. The first-order chi connectivity index (χ1) is 8.02. The fourth-order valence-electron chi connectivity index (χ4n) is 2.07. The molecule has 0 aromatic carbocycles. The second-order valence-corrected chi connectivity index (χ2v) is 4.22. The summed E-state index contributed by atoms with van der Waals surface area (Å²) in [6.45, 7) is 2.16. The van der Waals surface area contributed by atoms with Gasteiger partial charge in [0, 0.05) is 20.0 Å². The minimum absolute atomic E-state index is 0.0244. The molecule has 17 heavy (non-hydrogen) atoms. The molecule has 0 radical (unpaired) electrons. The molecule has 0 aromatic heterocycles. The average molecular weight is 241 g/mol. The summed E-state index contributed by atoms with van der Waals surface area (Å²) in [5, 5.41) is 6.00. The molecule has 2 atom stereocenters. The average Bonchev–Trinajstić information content (AvgIpc) is 2.67. The number of hydrogen-bond acceptors (Lipinski definition) is 5. The number of Topliss-reactive ketones (excluding diaryl/α,β-unsaturated/α-hetero) is 1. The minimum atomic E-state index is -0.560. The van der Waals surface area contributed by atoms with Crippen molar-refractivity contribution in [2.45, 2.75) is 31.8 Å². The first kappa shape index (κ1) is 13.8. The summed E-state index contributed by atoms with van der Waals surface area (Å²) in [6, 6.07) is -0.954. The largest absolute Gasteiger partial charge is 0.309 e. The first-order valence-corrected chi connectivity index (χ1v) is 5.68. The zero-order chi connectivity index (χ0) is 13.0. The molecule has 6 heteroatoms. The van der Waals surface area contributed by atoms with E-state index < -0.39 is 12.1 Å². The highest BCUT2D eigenvalue weighted by atomic mass is 16.2. The Labute approximate surface area is 101 Å². The number of rotatable bonds is 5. The number of carbonyl (C=O) groups excluding carboxylic acids is 3. The molecule has 0 aliphatic carbocycles. The lowest BCUT2D eigenvalue weighted by Gasteiger charge is -2.31. The zero-order valence-electron chi connectivity index (χ0n) is 10.5. The van der Waals surface area contributed by atoms with Gasteiger partial charge in [-0.25, -0.2) is 5.01 Å². The summed E-state index contributed by atoms with van der Waals surface area (Å²) in [4.78, 5) is 34.2. The van der Waals surface area contributed by atoms with Gasteiger partial charge >= 0.3 is 0 Å². The van der Waals surface area contributed by atoms with Crippen LogP contribution in [0.3, 0.4) is 0 Å². The highest BCUT2D eigenvalue weighted by molar-refractivity contribution is 5.90. The van der Waals surface area contributed by atoms with E-state index in [0.29, 0.717) is 19.3 Å². The Bertz CT molecular complexity index is 319. The third-order valence-corrected chi connectivity index (χ3v) is 3.06. The second-order valence-electron chi connectivity index (χ2n) is 4.22. The van der Waals surface area contributed by atoms with Crippen molar-refractivity contribution in [1.82, 2.24) is 15.3 Å². The maximum Gasteiger partial charge on any atom is 0.255 e. The summed E-state index contributed by atoms with van der Waals surface area (Å²) in [5.41, 5.74) is 0. The molecule has 1 rings (SSSR count). The number of aldehydes is 1. The Morgan fingerprint density at radius 1 is 1.53 bits per heavy atom. The van der Waals surface area contributed by atoms with Crippen LogP contribution in [0.5, 0.6) is 0 Å². The van der Waals surface area contributed by atoms with E-state index in [4.69, 9.17) is 0 Å². The molecule has 0 aromatic rings. The van der Waals surface area contributed by atoms with Crippen LogP contribution in [0, 0.1) is 0 Å². The molecule has 1 aliphatic heterocycles. The van der Waals surface area contributed by atoms with Crippen molar-refractivity contribution in [1.29, 1.82) is 0 Å². The number of nitrogens with one attached hydrogen (secondary N) is 1. The van der Waals surface area contributed by atoms with Gasteiger partial charge in [-0.05, 0) is 20.4 Å². The van der Waals surface area contributed by atoms with Gasteiger partial charge in [-0.2, -0.15) is 0 Å². The lowest BCUT2D eigenvalue weighted by Crippen LogP contribution is -2.53. The van der Waals surface area contributed by atoms with Gasteiger partial charge in [-0.15, -0.1) is 0 Å². The van der Waals surface area contributed by atoms with Gasteiger partial charge in [0.25, 0.3) is 5.91 Å². The van der Waals surface area contributed by atoms with Crippen LogP contribution in [0.2, 0.25) is 0 Å². The molecule has 1 fully saturated rings. The van der Waals surface area contributed by atoms with E-state index in [1.165, 1.54) is 11.9 Å². The predicted octanol–water partition coefficient (Wildman–Crippen LogP) is -0.800. The summed E-state index contributed by atoms with van der Waals surface area (Å²) in [6.07, 6.45) is 1.47. The van der Waals surface area contributed by atoms with Gasteiger partial charge < -0.3 is 10.1 Å². The lowest BCUT2D eigenvalue weighted by atomic mass is 10.1. The third-order valence-electron chi connectivity index (χ3n) is 3.06. The number of amides is 1. The van der Waals surface area contributed by atoms with Crippen molar-refractivity contribution in [3.8, 4) is 0 Å². The Morgan fingerprint density at radius 3 is 2.65 bits per heavy atom. The van der Waals surface area contributed by atoms with Crippen molar-refractivity contribution < 1.29 is 14.4 Å². The summed E-state index contributed by atoms with van der Waals surface area (Å²) < 4.78 is 0. The van der Waals surface area contributed by atoms with E-state index in [0.717, 1.165) is 0 Å². The molecule has 1 aliphatic rings. The maximum atomic E-state index is 12.2. The molecule has 0 saturated carbocycles. The molecule has 96 valence electrons. The predicted molar refractivity (Wildman–Crippen MR) is 62.1 cm³/mol. The van der Waals surface area contributed by atoms with Gasteiger partial charge in [-0.1, -0.05) is 0 Å². The first-order valence-electron chi connectivity index (χ1n) is 5.68. The number of hydrogen-bond donors (Lipinski definition) is 1. The smallest absolute Gasteiger partial charge is 0.255 e. The number of nitrogens with zero attached hydrogens (tertiary/aromatic N) is 2. The topological polar surface area (TPSA) is 69.7 Å². The number of carbonyl (C=O) groups is 3. The minimum Gasteiger partial charge on any atom is -0.309 e. The van der Waals surface area contributed by atoms with Crippen LogP contribution in [0.4, 0.5) is 0 Å². The van der Waals surface area contributed by atoms with Crippen LogP contribution in [0.25, 0.3) is 0 Å². The SMILES string of the molecule is CNC(CC=O)C(=O)N1C(C(C)=O)CCN1C. The van der Waals surface area contributed by atoms with Crippen LogP contribution < -0.4 is 5.32 Å². The van der Waals surface area contributed by atoms with Crippen LogP contribution in [0.1, 0.15) is 19.8 Å². The van der Waals surface area contributed by atoms with Gasteiger partial charge in [0.15, 0.2) is 5.78 Å². The molecule has 6 nitrogen and oxygen atoms in total. The number of likely N-dealkylation sites (N-methyl/N-ethyl adjacent to an activating group) is 1. The van der Waals surface area contributed by atoms with Crippen molar-refractivity contribution in [2.75, 3.05) is 20.6 Å². The Hall–Kier alpha value is -1.27. The fraction of sp³-hybridized carbons (Fsp3) is 0.727. The standard InChI is InChI=1S/C11H19N3O3/c1-8(16)10-4-6-13(3)14(10)11(17)9(12-2)5-7-15/h7,9-10,12H,4-6H2,1-3H3. The van der Waals surface area contributed by atoms with Crippen molar-refractivity contribution in [3.63, 3.8) is 0 Å². The van der Waals surface area contributed by atoms with E-state index in [2.05, 4.69) is 5.32 Å². The lowest BCUT2D eigenvalue weighted by molar-refractivity contribution is -0.152. The molecule has 1 amide bonds. The van der Waals surface area contributed by atoms with Crippen LogP contribution in [-0.4, -0.2) is 60.7 Å². The molecular weight excluding hydrogens is 222 g/mol. The van der Waals surface area contributed by atoms with E-state index in [-0.39, 0.29) is 18.1 Å². The van der Waals surface area contributed by atoms with Crippen LogP contribution in [0.15, 0.2) is 0 Å².